The van der Waals surface area contributed by atoms with Gasteiger partial charge >= 0.3 is 0 Å². The summed E-state index contributed by atoms with van der Waals surface area (Å²) < 4.78 is 0. The second-order valence-corrected chi connectivity index (χ2v) is 7.78. The van der Waals surface area contributed by atoms with Gasteiger partial charge in [0.15, 0.2) is 0 Å². The van der Waals surface area contributed by atoms with Crippen LogP contribution in [0, 0.1) is 0 Å². The predicted molar refractivity (Wildman–Crippen MR) is 105 cm³/mol. The quantitative estimate of drug-likeness (QED) is 0.730. The van der Waals surface area contributed by atoms with Crippen LogP contribution in [0.4, 0.5) is 0 Å². The maximum absolute atomic E-state index is 13.0. The fraction of sp³-hybridized carbons (Fsp3) is 0.526. The summed E-state index contributed by atoms with van der Waals surface area (Å²) in [6, 6.07) is 3.31. The minimum atomic E-state index is -0.359. The number of rotatable bonds is 6. The molecular weight excluding hydrogens is 364 g/mol. The third-order valence-corrected chi connectivity index (χ3v) is 5.88. The van der Waals surface area contributed by atoms with Gasteiger partial charge in [-0.2, -0.15) is 0 Å². The van der Waals surface area contributed by atoms with E-state index in [1.54, 1.807) is 11.0 Å². The lowest BCUT2D eigenvalue weighted by molar-refractivity contribution is -0.137. The van der Waals surface area contributed by atoms with Crippen LogP contribution < -0.4 is 5.32 Å². The van der Waals surface area contributed by atoms with Crippen molar-refractivity contribution in [2.24, 2.45) is 0 Å². The summed E-state index contributed by atoms with van der Waals surface area (Å²) in [5.74, 6) is -0.0373. The Morgan fingerprint density at radius 2 is 2.00 bits per heavy atom. The van der Waals surface area contributed by atoms with Gasteiger partial charge < -0.3 is 15.1 Å². The van der Waals surface area contributed by atoms with Gasteiger partial charge in [-0.1, -0.05) is 12.1 Å². The summed E-state index contributed by atoms with van der Waals surface area (Å²) in [6.45, 7) is 7.53. The minimum Gasteiger partial charge on any atom is -0.352 e. The topological polar surface area (TPSA) is 73.0 Å². The number of likely N-dealkylation sites (tertiary alicyclic amines) is 1. The molecule has 0 unspecified atom stereocenters. The molecule has 0 aliphatic carbocycles. The first-order chi connectivity index (χ1) is 13.1. The number of hydrogen-bond acceptors (Lipinski definition) is 5. The second kappa shape index (κ2) is 9.14. The molecule has 1 N–H and O–H groups in total. The third-order valence-electron chi connectivity index (χ3n) is 5.03. The highest BCUT2D eigenvalue weighted by atomic mass is 32.1. The Morgan fingerprint density at radius 1 is 1.22 bits per heavy atom. The fourth-order valence-corrected chi connectivity index (χ4v) is 4.27. The van der Waals surface area contributed by atoms with Crippen molar-refractivity contribution in [1.82, 2.24) is 20.0 Å². The summed E-state index contributed by atoms with van der Waals surface area (Å²) in [4.78, 5) is 43.7. The monoisotopic (exact) mass is 390 g/mol. The van der Waals surface area contributed by atoms with Gasteiger partial charge in [0.05, 0.1) is 11.4 Å². The molecule has 1 aromatic rings. The zero-order valence-corrected chi connectivity index (χ0v) is 16.2. The van der Waals surface area contributed by atoms with Crippen LogP contribution >= 0.6 is 11.3 Å². The minimum absolute atomic E-state index is 0.0295. The van der Waals surface area contributed by atoms with Crippen molar-refractivity contribution < 1.29 is 14.4 Å². The van der Waals surface area contributed by atoms with Crippen LogP contribution in [-0.4, -0.2) is 84.3 Å². The largest absolute Gasteiger partial charge is 0.352 e. The molecule has 2 aliphatic rings. The maximum atomic E-state index is 13.0. The first kappa shape index (κ1) is 19.6. The molecule has 8 heteroatoms. The SMILES string of the molecule is C=CCNC(=O)CN1CCN(C(=O)[C@@H]2CCCN2C(=O)c2cccs2)CC1. The van der Waals surface area contributed by atoms with Crippen molar-refractivity contribution >= 4 is 29.1 Å². The van der Waals surface area contributed by atoms with E-state index < -0.39 is 0 Å². The van der Waals surface area contributed by atoms with Crippen molar-refractivity contribution in [2.45, 2.75) is 18.9 Å². The van der Waals surface area contributed by atoms with E-state index in [2.05, 4.69) is 11.9 Å². The van der Waals surface area contributed by atoms with E-state index in [1.165, 1.54) is 11.3 Å². The summed E-state index contributed by atoms with van der Waals surface area (Å²) in [5.41, 5.74) is 0. The number of nitrogens with zero attached hydrogens (tertiary/aromatic N) is 3. The van der Waals surface area contributed by atoms with Crippen LogP contribution in [0.3, 0.4) is 0 Å². The van der Waals surface area contributed by atoms with E-state index in [-0.39, 0.29) is 23.8 Å². The predicted octanol–water partition coefficient (Wildman–Crippen LogP) is 0.799. The first-order valence-electron chi connectivity index (χ1n) is 9.33. The van der Waals surface area contributed by atoms with Gasteiger partial charge in [0.1, 0.15) is 6.04 Å². The van der Waals surface area contributed by atoms with Gasteiger partial charge in [-0.15, -0.1) is 17.9 Å². The number of nitrogens with one attached hydrogen (secondary N) is 1. The van der Waals surface area contributed by atoms with Crippen molar-refractivity contribution in [3.05, 3.63) is 35.0 Å². The summed E-state index contributed by atoms with van der Waals surface area (Å²) >= 11 is 1.41. The average Bonchev–Trinajstić information content (AvgIpc) is 3.37. The van der Waals surface area contributed by atoms with E-state index >= 15 is 0 Å². The molecule has 0 bridgehead atoms. The number of piperazine rings is 1. The number of hydrogen-bond donors (Lipinski definition) is 1. The van der Waals surface area contributed by atoms with Crippen molar-refractivity contribution in [1.29, 1.82) is 0 Å². The van der Waals surface area contributed by atoms with E-state index in [0.29, 0.717) is 50.7 Å². The molecule has 2 aliphatic heterocycles. The Balaban J connectivity index is 1.52. The van der Waals surface area contributed by atoms with Crippen LogP contribution in [-0.2, 0) is 9.59 Å². The number of amides is 3. The molecule has 2 fully saturated rings. The lowest BCUT2D eigenvalue weighted by atomic mass is 10.1. The molecule has 0 spiro atoms. The molecule has 0 saturated carbocycles. The highest BCUT2D eigenvalue weighted by Crippen LogP contribution is 2.24. The first-order valence-corrected chi connectivity index (χ1v) is 10.2. The molecule has 27 heavy (non-hydrogen) atoms. The molecule has 0 radical (unpaired) electrons. The smallest absolute Gasteiger partial charge is 0.264 e. The summed E-state index contributed by atoms with van der Waals surface area (Å²) in [5, 5.41) is 4.65. The van der Waals surface area contributed by atoms with Crippen molar-refractivity contribution in [2.75, 3.05) is 45.8 Å². The standard InChI is InChI=1S/C19H26N4O3S/c1-2-7-20-17(24)14-21-9-11-22(12-10-21)18(25)15-5-3-8-23(15)19(26)16-6-4-13-27-16/h2,4,6,13,15H,1,3,5,7-12,14H2,(H,20,24)/t15-/m0/s1. The third kappa shape index (κ3) is 4.75. The molecule has 2 saturated heterocycles. The van der Waals surface area contributed by atoms with E-state index in [4.69, 9.17) is 0 Å². The molecular formula is C19H26N4O3S. The fourth-order valence-electron chi connectivity index (χ4n) is 3.59. The average molecular weight is 391 g/mol. The number of carbonyl (C=O) groups is 3. The van der Waals surface area contributed by atoms with E-state index in [1.807, 2.05) is 27.3 Å². The Morgan fingerprint density at radius 3 is 2.67 bits per heavy atom. The van der Waals surface area contributed by atoms with Crippen LogP contribution in [0.1, 0.15) is 22.5 Å². The Hall–Kier alpha value is -2.19. The molecule has 3 rings (SSSR count). The zero-order chi connectivity index (χ0) is 19.2. The van der Waals surface area contributed by atoms with Gasteiger partial charge in [0.2, 0.25) is 11.8 Å². The van der Waals surface area contributed by atoms with Crippen LogP contribution in [0.15, 0.2) is 30.2 Å². The highest BCUT2D eigenvalue weighted by Gasteiger charge is 2.38. The lowest BCUT2D eigenvalue weighted by Gasteiger charge is -2.37. The Labute approximate surface area is 163 Å². The van der Waals surface area contributed by atoms with E-state index in [0.717, 1.165) is 12.8 Å². The molecule has 7 nitrogen and oxygen atoms in total. The normalized spacial score (nSPS) is 20.5. The van der Waals surface area contributed by atoms with Gasteiger partial charge in [-0.25, -0.2) is 0 Å². The van der Waals surface area contributed by atoms with Crippen LogP contribution in [0.25, 0.3) is 0 Å². The van der Waals surface area contributed by atoms with Gasteiger partial charge in [-0.3, -0.25) is 19.3 Å². The van der Waals surface area contributed by atoms with Gasteiger partial charge in [0, 0.05) is 39.3 Å². The Bertz CT molecular complexity index is 683. The summed E-state index contributed by atoms with van der Waals surface area (Å²) in [6.07, 6.45) is 3.23. The molecule has 146 valence electrons. The van der Waals surface area contributed by atoms with E-state index in [9.17, 15) is 14.4 Å². The van der Waals surface area contributed by atoms with Gasteiger partial charge in [-0.05, 0) is 24.3 Å². The van der Waals surface area contributed by atoms with Crippen LogP contribution in [0.5, 0.6) is 0 Å². The van der Waals surface area contributed by atoms with Crippen molar-refractivity contribution in [3.63, 3.8) is 0 Å². The molecule has 0 aromatic carbocycles. The lowest BCUT2D eigenvalue weighted by Crippen LogP contribution is -2.55. The highest BCUT2D eigenvalue weighted by molar-refractivity contribution is 7.12. The van der Waals surface area contributed by atoms with Gasteiger partial charge in [0.25, 0.3) is 5.91 Å². The Kier molecular flexibility index (Phi) is 6.63. The van der Waals surface area contributed by atoms with Crippen molar-refractivity contribution in [3.8, 4) is 0 Å². The summed E-state index contributed by atoms with van der Waals surface area (Å²) in [7, 11) is 0. The second-order valence-electron chi connectivity index (χ2n) is 6.83. The van der Waals surface area contributed by atoms with Crippen LogP contribution in [0.2, 0.25) is 0 Å². The zero-order valence-electron chi connectivity index (χ0n) is 15.4. The molecule has 3 amide bonds. The molecule has 3 heterocycles. The molecule has 1 atom stereocenters. The number of thiophene rings is 1. The molecule has 1 aromatic heterocycles. The maximum Gasteiger partial charge on any atom is 0.264 e. The number of carbonyl (C=O) groups excluding carboxylic acids is 3.